The molecule has 1 aliphatic carbocycles. The molecule has 21 heavy (non-hydrogen) atoms. The summed E-state index contributed by atoms with van der Waals surface area (Å²) in [7, 11) is 0. The van der Waals surface area contributed by atoms with Crippen LogP contribution in [-0.2, 0) is 32.4 Å². The van der Waals surface area contributed by atoms with Crippen molar-refractivity contribution in [3.8, 4) is 5.75 Å². The van der Waals surface area contributed by atoms with Gasteiger partial charge in [-0.3, -0.25) is 4.68 Å². The summed E-state index contributed by atoms with van der Waals surface area (Å²) in [6.45, 7) is 5.65. The molecule has 2 aromatic rings. The summed E-state index contributed by atoms with van der Waals surface area (Å²) in [5.41, 5.74) is 5.15. The topological polar surface area (TPSA) is 27.1 Å². The summed E-state index contributed by atoms with van der Waals surface area (Å²) in [6, 6.07) is 6.50. The van der Waals surface area contributed by atoms with Gasteiger partial charge in [0, 0.05) is 6.54 Å². The van der Waals surface area contributed by atoms with Crippen LogP contribution >= 0.6 is 15.9 Å². The SMILES string of the molecule is CCc1nn(CC)c(COc2ccc3c(c2)CCC3)c1Br. The highest BCUT2D eigenvalue weighted by molar-refractivity contribution is 9.10. The third-order valence-corrected chi connectivity index (χ3v) is 5.06. The fourth-order valence-corrected chi connectivity index (χ4v) is 3.62. The van der Waals surface area contributed by atoms with Gasteiger partial charge in [-0.1, -0.05) is 13.0 Å². The minimum absolute atomic E-state index is 0.556. The van der Waals surface area contributed by atoms with Crippen molar-refractivity contribution >= 4 is 15.9 Å². The van der Waals surface area contributed by atoms with E-state index in [1.54, 1.807) is 0 Å². The van der Waals surface area contributed by atoms with E-state index >= 15 is 0 Å². The molecular weight excluding hydrogens is 328 g/mol. The van der Waals surface area contributed by atoms with Gasteiger partial charge in [-0.15, -0.1) is 0 Å². The number of fused-ring (bicyclic) bond motifs is 1. The molecule has 0 unspecified atom stereocenters. The van der Waals surface area contributed by atoms with Crippen LogP contribution in [0.5, 0.6) is 5.75 Å². The molecule has 1 aromatic carbocycles. The van der Waals surface area contributed by atoms with Crippen molar-refractivity contribution in [1.82, 2.24) is 9.78 Å². The van der Waals surface area contributed by atoms with Crippen LogP contribution in [0.3, 0.4) is 0 Å². The molecule has 1 heterocycles. The maximum absolute atomic E-state index is 6.01. The zero-order chi connectivity index (χ0) is 14.8. The summed E-state index contributed by atoms with van der Waals surface area (Å²) in [4.78, 5) is 0. The van der Waals surface area contributed by atoms with Crippen molar-refractivity contribution in [3.05, 3.63) is 45.2 Å². The molecule has 0 spiro atoms. The molecule has 0 radical (unpaired) electrons. The molecule has 0 atom stereocenters. The van der Waals surface area contributed by atoms with Crippen molar-refractivity contribution in [3.63, 3.8) is 0 Å². The predicted molar refractivity (Wildman–Crippen MR) is 87.8 cm³/mol. The highest BCUT2D eigenvalue weighted by Gasteiger charge is 2.15. The van der Waals surface area contributed by atoms with Crippen LogP contribution in [0.2, 0.25) is 0 Å². The Labute approximate surface area is 134 Å². The van der Waals surface area contributed by atoms with Gasteiger partial charge in [-0.2, -0.15) is 5.10 Å². The minimum atomic E-state index is 0.556. The molecule has 0 saturated carbocycles. The van der Waals surface area contributed by atoms with Crippen molar-refractivity contribution in [1.29, 1.82) is 0 Å². The first-order chi connectivity index (χ1) is 10.2. The van der Waals surface area contributed by atoms with E-state index < -0.39 is 0 Å². The first-order valence-electron chi connectivity index (χ1n) is 7.71. The van der Waals surface area contributed by atoms with Crippen molar-refractivity contribution < 1.29 is 4.74 Å². The zero-order valence-corrected chi connectivity index (χ0v) is 14.2. The number of benzene rings is 1. The van der Waals surface area contributed by atoms with E-state index in [0.717, 1.165) is 34.6 Å². The fourth-order valence-electron chi connectivity index (χ4n) is 2.94. The van der Waals surface area contributed by atoms with E-state index in [1.807, 2.05) is 4.68 Å². The van der Waals surface area contributed by atoms with Crippen LogP contribution in [0.15, 0.2) is 22.7 Å². The van der Waals surface area contributed by atoms with Crippen LogP contribution in [0.1, 0.15) is 42.8 Å². The molecule has 0 amide bonds. The van der Waals surface area contributed by atoms with Crippen molar-refractivity contribution in [2.45, 2.75) is 52.7 Å². The second-order valence-corrected chi connectivity index (χ2v) is 6.24. The van der Waals surface area contributed by atoms with E-state index in [1.165, 1.54) is 30.4 Å². The van der Waals surface area contributed by atoms with E-state index in [0.29, 0.717) is 6.61 Å². The number of rotatable bonds is 5. The Morgan fingerprint density at radius 2 is 2.05 bits per heavy atom. The van der Waals surface area contributed by atoms with Gasteiger partial charge in [0.25, 0.3) is 0 Å². The number of halogens is 1. The van der Waals surface area contributed by atoms with Crippen molar-refractivity contribution in [2.75, 3.05) is 0 Å². The van der Waals surface area contributed by atoms with E-state index in [9.17, 15) is 0 Å². The fraction of sp³-hybridized carbons (Fsp3) is 0.471. The lowest BCUT2D eigenvalue weighted by atomic mass is 10.1. The first kappa shape index (κ1) is 14.6. The molecule has 1 aliphatic rings. The summed E-state index contributed by atoms with van der Waals surface area (Å²) >= 11 is 3.66. The van der Waals surface area contributed by atoms with Crippen LogP contribution in [0.4, 0.5) is 0 Å². The second kappa shape index (κ2) is 6.22. The molecule has 4 heteroatoms. The smallest absolute Gasteiger partial charge is 0.131 e. The number of ether oxygens (including phenoxy) is 1. The number of nitrogens with zero attached hydrogens (tertiary/aromatic N) is 2. The van der Waals surface area contributed by atoms with Gasteiger partial charge < -0.3 is 4.74 Å². The van der Waals surface area contributed by atoms with Gasteiger partial charge in [-0.25, -0.2) is 0 Å². The van der Waals surface area contributed by atoms with Crippen molar-refractivity contribution in [2.24, 2.45) is 0 Å². The normalized spacial score (nSPS) is 13.5. The monoisotopic (exact) mass is 348 g/mol. The highest BCUT2D eigenvalue weighted by atomic mass is 79.9. The molecule has 3 rings (SSSR count). The van der Waals surface area contributed by atoms with Crippen LogP contribution in [-0.4, -0.2) is 9.78 Å². The number of hydrogen-bond donors (Lipinski definition) is 0. The van der Waals surface area contributed by atoms with Crippen LogP contribution in [0, 0.1) is 0 Å². The van der Waals surface area contributed by atoms with Gasteiger partial charge >= 0.3 is 0 Å². The van der Waals surface area contributed by atoms with Crippen LogP contribution in [0.25, 0.3) is 0 Å². The van der Waals surface area contributed by atoms with Gasteiger partial charge in [-0.05, 0) is 71.8 Å². The zero-order valence-electron chi connectivity index (χ0n) is 12.7. The third kappa shape index (κ3) is 2.86. The molecular formula is C17H21BrN2O. The Kier molecular flexibility index (Phi) is 4.34. The lowest BCUT2D eigenvalue weighted by molar-refractivity contribution is 0.291. The summed E-state index contributed by atoms with van der Waals surface area (Å²) in [5.74, 6) is 0.962. The molecule has 1 aromatic heterocycles. The van der Waals surface area contributed by atoms with Gasteiger partial charge in [0.2, 0.25) is 0 Å². The van der Waals surface area contributed by atoms with Gasteiger partial charge in [0.05, 0.1) is 15.9 Å². The maximum atomic E-state index is 6.01. The Bertz CT molecular complexity index is 648. The number of aryl methyl sites for hydroxylation is 4. The van der Waals surface area contributed by atoms with E-state index in [4.69, 9.17) is 4.74 Å². The molecule has 112 valence electrons. The number of hydrogen-bond acceptors (Lipinski definition) is 2. The molecule has 0 aliphatic heterocycles. The second-order valence-electron chi connectivity index (χ2n) is 5.45. The molecule has 0 saturated heterocycles. The Hall–Kier alpha value is -1.29. The molecule has 0 fully saturated rings. The third-order valence-electron chi connectivity index (χ3n) is 4.14. The Morgan fingerprint density at radius 1 is 1.24 bits per heavy atom. The average molecular weight is 349 g/mol. The quantitative estimate of drug-likeness (QED) is 0.805. The highest BCUT2D eigenvalue weighted by Crippen LogP contribution is 2.28. The minimum Gasteiger partial charge on any atom is -0.487 e. The van der Waals surface area contributed by atoms with E-state index in [-0.39, 0.29) is 0 Å². The van der Waals surface area contributed by atoms with Crippen LogP contribution < -0.4 is 4.74 Å². The Balaban J connectivity index is 1.77. The summed E-state index contributed by atoms with van der Waals surface area (Å²) in [6.07, 6.45) is 4.60. The lowest BCUT2D eigenvalue weighted by Gasteiger charge is -2.10. The standard InChI is InChI=1S/C17H21BrN2O/c1-3-15-17(18)16(20(4-2)19-15)11-21-14-9-8-12-6-5-7-13(12)10-14/h8-10H,3-7,11H2,1-2H3. The van der Waals surface area contributed by atoms with Gasteiger partial charge in [0.1, 0.15) is 12.4 Å². The number of aromatic nitrogens is 2. The largest absolute Gasteiger partial charge is 0.487 e. The Morgan fingerprint density at radius 3 is 2.81 bits per heavy atom. The van der Waals surface area contributed by atoms with E-state index in [2.05, 4.69) is 53.1 Å². The molecule has 0 bridgehead atoms. The lowest BCUT2D eigenvalue weighted by Crippen LogP contribution is -2.06. The average Bonchev–Trinajstić information content (AvgIpc) is 3.08. The van der Waals surface area contributed by atoms with Gasteiger partial charge in [0.15, 0.2) is 0 Å². The maximum Gasteiger partial charge on any atom is 0.131 e. The summed E-state index contributed by atoms with van der Waals surface area (Å²) in [5, 5.41) is 4.61. The molecule has 3 nitrogen and oxygen atoms in total. The first-order valence-corrected chi connectivity index (χ1v) is 8.50. The summed E-state index contributed by atoms with van der Waals surface area (Å²) < 4.78 is 9.12. The predicted octanol–water partition coefficient (Wildman–Crippen LogP) is 4.30. The molecule has 0 N–H and O–H groups in total.